The maximum absolute atomic E-state index is 12.4. The third-order valence-electron chi connectivity index (χ3n) is 3.67. The van der Waals surface area contributed by atoms with Crippen LogP contribution in [0.15, 0.2) is 40.9 Å². The molecule has 0 aliphatic carbocycles. The lowest BCUT2D eigenvalue weighted by Crippen LogP contribution is -2.20. The van der Waals surface area contributed by atoms with Crippen molar-refractivity contribution in [3.05, 3.63) is 52.0 Å². The number of hydrogen-bond donors (Lipinski definition) is 1. The van der Waals surface area contributed by atoms with Crippen molar-refractivity contribution in [1.29, 1.82) is 0 Å². The van der Waals surface area contributed by atoms with Gasteiger partial charge in [0.25, 0.3) is 5.91 Å². The highest BCUT2D eigenvalue weighted by molar-refractivity contribution is 9.10. The van der Waals surface area contributed by atoms with Crippen LogP contribution in [0, 0.1) is 0 Å². The maximum Gasteiger partial charge on any atom is 0.258 e. The minimum absolute atomic E-state index is 0.0416. The molecule has 2 aromatic carbocycles. The van der Waals surface area contributed by atoms with Gasteiger partial charge in [0, 0.05) is 18.2 Å². The Morgan fingerprint density at radius 3 is 2.73 bits per heavy atom. The number of phenolic OH excluding ortho intramolecular Hbond substituents is 1. The first kappa shape index (κ1) is 14.7. The summed E-state index contributed by atoms with van der Waals surface area (Å²) in [7, 11) is 3.25. The van der Waals surface area contributed by atoms with Gasteiger partial charge in [0.1, 0.15) is 0 Å². The van der Waals surface area contributed by atoms with E-state index in [4.69, 9.17) is 4.74 Å². The lowest BCUT2D eigenvalue weighted by Gasteiger charge is -2.08. The van der Waals surface area contributed by atoms with E-state index in [1.807, 2.05) is 24.3 Å². The van der Waals surface area contributed by atoms with Crippen LogP contribution in [-0.4, -0.2) is 25.2 Å². The van der Waals surface area contributed by atoms with Gasteiger partial charge in [-0.05, 0) is 45.8 Å². The molecule has 0 bridgehead atoms. The number of fused-ring (bicyclic) bond motifs is 1. The number of likely N-dealkylation sites (N-methyl/N-ethyl adjacent to an activating group) is 1. The van der Waals surface area contributed by atoms with Crippen LogP contribution in [0.25, 0.3) is 11.6 Å². The van der Waals surface area contributed by atoms with Gasteiger partial charge in [0.2, 0.25) is 0 Å². The van der Waals surface area contributed by atoms with Crippen molar-refractivity contribution in [2.45, 2.75) is 0 Å². The molecule has 0 radical (unpaired) electrons. The lowest BCUT2D eigenvalue weighted by atomic mass is 10.0. The lowest BCUT2D eigenvalue weighted by molar-refractivity contribution is -0.112. The number of ether oxygens (including phenoxy) is 1. The number of methoxy groups -OCH3 is 1. The average molecular weight is 360 g/mol. The van der Waals surface area contributed by atoms with E-state index >= 15 is 0 Å². The minimum atomic E-state index is -0.0515. The molecule has 0 spiro atoms. The summed E-state index contributed by atoms with van der Waals surface area (Å²) in [6.07, 6.45) is 1.80. The number of benzene rings is 2. The highest BCUT2D eigenvalue weighted by Gasteiger charge is 2.29. The number of phenols is 1. The van der Waals surface area contributed by atoms with Crippen LogP contribution in [0.2, 0.25) is 0 Å². The molecule has 0 atom stereocenters. The second-order valence-corrected chi connectivity index (χ2v) is 5.85. The Hall–Kier alpha value is -2.27. The molecule has 1 aliphatic rings. The molecule has 0 unspecified atom stereocenters. The highest BCUT2D eigenvalue weighted by atomic mass is 79.9. The van der Waals surface area contributed by atoms with Crippen LogP contribution in [0.1, 0.15) is 11.1 Å². The first-order chi connectivity index (χ1) is 10.5. The van der Waals surface area contributed by atoms with Crippen LogP contribution in [-0.2, 0) is 4.79 Å². The number of nitrogens with zero attached hydrogens (tertiary/aromatic N) is 1. The average Bonchev–Trinajstić information content (AvgIpc) is 2.76. The fraction of sp³-hybridized carbons (Fsp3) is 0.118. The number of para-hydroxylation sites is 1. The van der Waals surface area contributed by atoms with E-state index < -0.39 is 0 Å². The summed E-state index contributed by atoms with van der Waals surface area (Å²) < 4.78 is 5.66. The predicted molar refractivity (Wildman–Crippen MR) is 90.1 cm³/mol. The van der Waals surface area contributed by atoms with Crippen LogP contribution in [0.5, 0.6) is 11.5 Å². The number of rotatable bonds is 2. The first-order valence-corrected chi connectivity index (χ1v) is 7.48. The quantitative estimate of drug-likeness (QED) is 0.832. The Balaban J connectivity index is 2.14. The molecular formula is C17H14BrNO3. The number of aromatic hydroxyl groups is 1. The maximum atomic E-state index is 12.4. The fourth-order valence-electron chi connectivity index (χ4n) is 2.54. The van der Waals surface area contributed by atoms with E-state index in [1.165, 1.54) is 7.11 Å². The van der Waals surface area contributed by atoms with Crippen LogP contribution in [0.3, 0.4) is 0 Å². The fourth-order valence-corrected chi connectivity index (χ4v) is 3.00. The largest absolute Gasteiger partial charge is 0.503 e. The summed E-state index contributed by atoms with van der Waals surface area (Å²) in [5.74, 6) is 0.345. The van der Waals surface area contributed by atoms with Gasteiger partial charge in [-0.25, -0.2) is 0 Å². The second-order valence-electron chi connectivity index (χ2n) is 4.99. The van der Waals surface area contributed by atoms with Crippen LogP contribution >= 0.6 is 15.9 Å². The topological polar surface area (TPSA) is 49.8 Å². The van der Waals surface area contributed by atoms with Gasteiger partial charge in [0.05, 0.1) is 17.3 Å². The van der Waals surface area contributed by atoms with Crippen LogP contribution < -0.4 is 9.64 Å². The van der Waals surface area contributed by atoms with E-state index in [9.17, 15) is 9.90 Å². The highest BCUT2D eigenvalue weighted by Crippen LogP contribution is 2.39. The summed E-state index contributed by atoms with van der Waals surface area (Å²) in [5.41, 5.74) is 3.19. The minimum Gasteiger partial charge on any atom is -0.503 e. The van der Waals surface area contributed by atoms with Crippen molar-refractivity contribution in [2.75, 3.05) is 19.1 Å². The number of halogens is 1. The van der Waals surface area contributed by atoms with Crippen molar-refractivity contribution in [2.24, 2.45) is 0 Å². The number of anilines is 1. The number of amides is 1. The van der Waals surface area contributed by atoms with Gasteiger partial charge in [0.15, 0.2) is 11.5 Å². The zero-order valence-corrected chi connectivity index (χ0v) is 13.7. The van der Waals surface area contributed by atoms with Gasteiger partial charge in [-0.1, -0.05) is 18.2 Å². The molecule has 1 aliphatic heterocycles. The molecule has 1 N–H and O–H groups in total. The Morgan fingerprint density at radius 2 is 2.00 bits per heavy atom. The first-order valence-electron chi connectivity index (χ1n) is 6.68. The summed E-state index contributed by atoms with van der Waals surface area (Å²) >= 11 is 3.29. The SMILES string of the molecule is COc1cc(C=C2C(=O)N(C)c3ccccc32)cc(Br)c1O. The molecule has 5 heteroatoms. The number of carbonyl (C=O) groups is 1. The summed E-state index contributed by atoms with van der Waals surface area (Å²) in [4.78, 5) is 14.1. The molecule has 1 amide bonds. The second kappa shape index (κ2) is 5.50. The number of carbonyl (C=O) groups excluding carboxylic acids is 1. The summed E-state index contributed by atoms with van der Waals surface area (Å²) in [6.45, 7) is 0. The monoisotopic (exact) mass is 359 g/mol. The number of hydrogen-bond acceptors (Lipinski definition) is 3. The zero-order valence-electron chi connectivity index (χ0n) is 12.1. The van der Waals surface area contributed by atoms with Crippen LogP contribution in [0.4, 0.5) is 5.69 Å². The molecule has 2 aromatic rings. The van der Waals surface area contributed by atoms with Gasteiger partial charge < -0.3 is 14.7 Å². The Bertz CT molecular complexity index is 798. The van der Waals surface area contributed by atoms with Gasteiger partial charge in [-0.3, -0.25) is 4.79 Å². The molecule has 3 rings (SSSR count). The van der Waals surface area contributed by atoms with Crippen molar-refractivity contribution >= 4 is 39.2 Å². The molecule has 0 aromatic heterocycles. The van der Waals surface area contributed by atoms with Crippen molar-refractivity contribution in [3.63, 3.8) is 0 Å². The van der Waals surface area contributed by atoms with Crippen molar-refractivity contribution < 1.29 is 14.6 Å². The molecule has 112 valence electrons. The van der Waals surface area contributed by atoms with E-state index in [1.54, 1.807) is 30.2 Å². The third-order valence-corrected chi connectivity index (χ3v) is 4.28. The van der Waals surface area contributed by atoms with Gasteiger partial charge in [-0.2, -0.15) is 0 Å². The zero-order chi connectivity index (χ0) is 15.9. The summed E-state index contributed by atoms with van der Waals surface area (Å²) in [5, 5.41) is 9.87. The smallest absolute Gasteiger partial charge is 0.258 e. The molecular weight excluding hydrogens is 346 g/mol. The van der Waals surface area contributed by atoms with Crippen molar-refractivity contribution in [1.82, 2.24) is 0 Å². The molecule has 22 heavy (non-hydrogen) atoms. The molecule has 0 saturated carbocycles. The van der Waals surface area contributed by atoms with Crippen molar-refractivity contribution in [3.8, 4) is 11.5 Å². The van der Waals surface area contributed by atoms with Gasteiger partial charge >= 0.3 is 0 Å². The molecule has 0 fully saturated rings. The Morgan fingerprint density at radius 1 is 1.27 bits per heavy atom. The normalized spacial score (nSPS) is 15.3. The summed E-state index contributed by atoms with van der Waals surface area (Å²) in [6, 6.07) is 11.1. The predicted octanol–water partition coefficient (Wildman–Crippen LogP) is 3.68. The third kappa shape index (κ3) is 2.27. The van der Waals surface area contributed by atoms with E-state index in [0.29, 0.717) is 15.8 Å². The Kier molecular flexibility index (Phi) is 3.66. The molecule has 0 saturated heterocycles. The van der Waals surface area contributed by atoms with E-state index in [2.05, 4.69) is 15.9 Å². The van der Waals surface area contributed by atoms with E-state index in [-0.39, 0.29) is 11.7 Å². The molecule has 1 heterocycles. The standard InChI is InChI=1S/C17H14BrNO3/c1-19-14-6-4-3-5-11(14)12(17(19)21)7-10-8-13(18)16(20)15(9-10)22-2/h3-9,20H,1-2H3. The molecule has 4 nitrogen and oxygen atoms in total. The van der Waals surface area contributed by atoms with E-state index in [0.717, 1.165) is 16.8 Å². The Labute approximate surface area is 136 Å². The van der Waals surface area contributed by atoms with Gasteiger partial charge in [-0.15, -0.1) is 0 Å².